The van der Waals surface area contributed by atoms with Gasteiger partial charge in [-0.3, -0.25) is 0 Å². The third-order valence-electron chi connectivity index (χ3n) is 3.94. The molecule has 13 heavy (non-hydrogen) atoms. The lowest BCUT2D eigenvalue weighted by molar-refractivity contribution is 0.142. The smallest absolute Gasteiger partial charge is 0.00728 e. The van der Waals surface area contributed by atoms with E-state index in [-0.39, 0.29) is 0 Å². The van der Waals surface area contributed by atoms with E-state index in [9.17, 15) is 0 Å². The van der Waals surface area contributed by atoms with Crippen LogP contribution in [0, 0.1) is 23.2 Å². The van der Waals surface area contributed by atoms with Crippen molar-refractivity contribution in [1.82, 2.24) is 5.32 Å². The van der Waals surface area contributed by atoms with Gasteiger partial charge in [-0.2, -0.15) is 0 Å². The van der Waals surface area contributed by atoms with E-state index in [1.807, 2.05) is 0 Å². The molecule has 1 rings (SSSR count). The van der Waals surface area contributed by atoms with Gasteiger partial charge in [0.05, 0.1) is 0 Å². The van der Waals surface area contributed by atoms with Gasteiger partial charge in [0.2, 0.25) is 0 Å². The van der Waals surface area contributed by atoms with Gasteiger partial charge < -0.3 is 5.32 Å². The van der Waals surface area contributed by atoms with E-state index in [2.05, 4.69) is 46.9 Å². The standard InChI is InChI=1S/C12H25N/c1-8-7-13-10(3)11(8)9(2)12(4,5)6/h8-11,13H,7H2,1-6H3. The van der Waals surface area contributed by atoms with Crippen molar-refractivity contribution < 1.29 is 0 Å². The molecule has 1 heteroatoms. The Morgan fingerprint density at radius 2 is 1.77 bits per heavy atom. The highest BCUT2D eigenvalue weighted by Crippen LogP contribution is 2.39. The van der Waals surface area contributed by atoms with E-state index in [4.69, 9.17) is 0 Å². The van der Waals surface area contributed by atoms with Crippen molar-refractivity contribution in [2.24, 2.45) is 23.2 Å². The molecule has 0 spiro atoms. The van der Waals surface area contributed by atoms with Crippen LogP contribution in [0.15, 0.2) is 0 Å². The van der Waals surface area contributed by atoms with Crippen LogP contribution in [0.2, 0.25) is 0 Å². The normalized spacial score (nSPS) is 37.8. The van der Waals surface area contributed by atoms with E-state index < -0.39 is 0 Å². The summed E-state index contributed by atoms with van der Waals surface area (Å²) in [5, 5.41) is 3.57. The van der Waals surface area contributed by atoms with Crippen LogP contribution in [-0.4, -0.2) is 12.6 Å². The van der Waals surface area contributed by atoms with Crippen LogP contribution in [0.25, 0.3) is 0 Å². The van der Waals surface area contributed by atoms with E-state index in [0.29, 0.717) is 11.5 Å². The highest BCUT2D eigenvalue weighted by molar-refractivity contribution is 4.91. The second kappa shape index (κ2) is 3.61. The van der Waals surface area contributed by atoms with Gasteiger partial charge in [0.25, 0.3) is 0 Å². The Balaban J connectivity index is 2.70. The molecule has 0 saturated carbocycles. The number of nitrogens with one attached hydrogen (secondary N) is 1. The number of hydrogen-bond acceptors (Lipinski definition) is 1. The maximum atomic E-state index is 3.57. The second-order valence-electron chi connectivity index (χ2n) is 5.91. The molecule has 1 fully saturated rings. The van der Waals surface area contributed by atoms with Crippen molar-refractivity contribution in [2.45, 2.75) is 47.6 Å². The summed E-state index contributed by atoms with van der Waals surface area (Å²) in [5.74, 6) is 2.48. The van der Waals surface area contributed by atoms with Crippen LogP contribution >= 0.6 is 0 Å². The van der Waals surface area contributed by atoms with Gasteiger partial charge in [0, 0.05) is 6.04 Å². The molecule has 1 aliphatic heterocycles. The minimum absolute atomic E-state index is 0.444. The largest absolute Gasteiger partial charge is 0.314 e. The summed E-state index contributed by atoms with van der Waals surface area (Å²) >= 11 is 0. The molecule has 0 aromatic heterocycles. The first-order valence-electron chi connectivity index (χ1n) is 5.57. The molecule has 4 atom stereocenters. The van der Waals surface area contributed by atoms with Crippen LogP contribution in [0.3, 0.4) is 0 Å². The van der Waals surface area contributed by atoms with Crippen molar-refractivity contribution in [3.63, 3.8) is 0 Å². The van der Waals surface area contributed by atoms with Crippen molar-refractivity contribution in [2.75, 3.05) is 6.54 Å². The fourth-order valence-corrected chi connectivity index (χ4v) is 2.64. The molecule has 1 saturated heterocycles. The van der Waals surface area contributed by atoms with Gasteiger partial charge >= 0.3 is 0 Å². The molecule has 0 aromatic rings. The third kappa shape index (κ3) is 2.25. The first kappa shape index (κ1) is 11.0. The quantitative estimate of drug-likeness (QED) is 0.659. The van der Waals surface area contributed by atoms with Crippen molar-refractivity contribution in [3.8, 4) is 0 Å². The zero-order valence-electron chi connectivity index (χ0n) is 10.0. The maximum Gasteiger partial charge on any atom is 0.00728 e. The number of rotatable bonds is 1. The van der Waals surface area contributed by atoms with Crippen molar-refractivity contribution >= 4 is 0 Å². The lowest BCUT2D eigenvalue weighted by atomic mass is 9.69. The summed E-state index contributed by atoms with van der Waals surface area (Å²) < 4.78 is 0. The van der Waals surface area contributed by atoms with E-state index in [1.165, 1.54) is 6.54 Å². The predicted octanol–water partition coefficient (Wildman–Crippen LogP) is 2.91. The molecule has 0 amide bonds. The summed E-state index contributed by atoms with van der Waals surface area (Å²) in [6.07, 6.45) is 0. The second-order valence-corrected chi connectivity index (χ2v) is 5.91. The van der Waals surface area contributed by atoms with Crippen LogP contribution < -0.4 is 5.32 Å². The zero-order valence-corrected chi connectivity index (χ0v) is 10.0. The van der Waals surface area contributed by atoms with Gasteiger partial charge in [0.15, 0.2) is 0 Å². The molecule has 78 valence electrons. The molecule has 1 aliphatic rings. The lowest BCUT2D eigenvalue weighted by Crippen LogP contribution is -2.34. The molecular weight excluding hydrogens is 158 g/mol. The van der Waals surface area contributed by atoms with E-state index in [0.717, 1.165) is 17.8 Å². The highest BCUT2D eigenvalue weighted by Gasteiger charge is 2.38. The summed E-state index contributed by atoms with van der Waals surface area (Å²) in [6.45, 7) is 15.4. The van der Waals surface area contributed by atoms with Gasteiger partial charge in [0.1, 0.15) is 0 Å². The van der Waals surface area contributed by atoms with E-state index in [1.54, 1.807) is 0 Å². The Hall–Kier alpha value is -0.0400. The predicted molar refractivity (Wildman–Crippen MR) is 58.7 cm³/mol. The van der Waals surface area contributed by atoms with Crippen molar-refractivity contribution in [1.29, 1.82) is 0 Å². The molecule has 1 N–H and O–H groups in total. The Morgan fingerprint density at radius 3 is 2.08 bits per heavy atom. The first-order valence-corrected chi connectivity index (χ1v) is 5.57. The molecule has 1 heterocycles. The first-order chi connectivity index (χ1) is 5.84. The van der Waals surface area contributed by atoms with Crippen LogP contribution in [0.5, 0.6) is 0 Å². The molecule has 0 radical (unpaired) electrons. The Bertz CT molecular complexity index is 158. The molecule has 4 unspecified atom stereocenters. The summed E-state index contributed by atoms with van der Waals surface area (Å²) in [7, 11) is 0. The third-order valence-corrected chi connectivity index (χ3v) is 3.94. The molecule has 0 bridgehead atoms. The van der Waals surface area contributed by atoms with E-state index >= 15 is 0 Å². The van der Waals surface area contributed by atoms with Gasteiger partial charge in [-0.15, -0.1) is 0 Å². The molecule has 0 aromatic carbocycles. The SMILES string of the molecule is CC1CNC(C)C1C(C)C(C)(C)C. The van der Waals surface area contributed by atoms with Gasteiger partial charge in [-0.1, -0.05) is 34.6 Å². The topological polar surface area (TPSA) is 12.0 Å². The maximum absolute atomic E-state index is 3.57. The summed E-state index contributed by atoms with van der Waals surface area (Å²) in [4.78, 5) is 0. The monoisotopic (exact) mass is 183 g/mol. The Morgan fingerprint density at radius 1 is 1.23 bits per heavy atom. The van der Waals surface area contributed by atoms with Crippen LogP contribution in [0.1, 0.15) is 41.5 Å². The van der Waals surface area contributed by atoms with Crippen molar-refractivity contribution in [3.05, 3.63) is 0 Å². The summed E-state index contributed by atoms with van der Waals surface area (Å²) in [5.41, 5.74) is 0.444. The average molecular weight is 183 g/mol. The molecular formula is C12H25N. The fraction of sp³-hybridized carbons (Fsp3) is 1.00. The van der Waals surface area contributed by atoms with Gasteiger partial charge in [-0.05, 0) is 36.6 Å². The minimum atomic E-state index is 0.444. The highest BCUT2D eigenvalue weighted by atomic mass is 15.0. The van der Waals surface area contributed by atoms with Crippen LogP contribution in [-0.2, 0) is 0 Å². The summed E-state index contributed by atoms with van der Waals surface area (Å²) in [6, 6.07) is 0.698. The Kier molecular flexibility index (Phi) is 3.06. The fourth-order valence-electron chi connectivity index (χ4n) is 2.64. The molecule has 0 aliphatic carbocycles. The average Bonchev–Trinajstić information content (AvgIpc) is 2.28. The lowest BCUT2D eigenvalue weighted by Gasteiger charge is -2.36. The van der Waals surface area contributed by atoms with Gasteiger partial charge in [-0.25, -0.2) is 0 Å². The van der Waals surface area contributed by atoms with Crippen LogP contribution in [0.4, 0.5) is 0 Å². The zero-order chi connectivity index (χ0) is 10.2. The minimum Gasteiger partial charge on any atom is -0.314 e. The Labute approximate surface area is 83.3 Å². The number of hydrogen-bond donors (Lipinski definition) is 1. The molecule has 1 nitrogen and oxygen atoms in total.